The van der Waals surface area contributed by atoms with Gasteiger partial charge in [-0.25, -0.2) is 4.79 Å². The lowest BCUT2D eigenvalue weighted by Gasteiger charge is -2.69. The minimum atomic E-state index is -0.738. The SMILES string of the molecule is C=CCC/C(C(=O)OCOC(=O)C(C)(C)C)=C1/[C@@H](OC(C)=O)C[C@@]2(C)[C@H]1C[C@@H](O)[C@H]1[C@@]3(C)CC[C@@H](O)[C@@H](C)[C@@H]3CC[C@@]12C. The van der Waals surface area contributed by atoms with E-state index in [1.807, 2.05) is 0 Å². The zero-order valence-electron chi connectivity index (χ0n) is 27.5. The molecule has 4 saturated carbocycles. The Balaban J connectivity index is 1.76. The first-order chi connectivity index (χ1) is 19.9. The molecule has 4 aliphatic carbocycles. The van der Waals surface area contributed by atoms with Crippen molar-refractivity contribution in [2.75, 3.05) is 6.79 Å². The Labute approximate surface area is 257 Å². The number of esters is 3. The molecule has 4 aliphatic rings. The summed E-state index contributed by atoms with van der Waals surface area (Å²) in [4.78, 5) is 38.4. The normalized spacial score (nSPS) is 41.7. The van der Waals surface area contributed by atoms with Crippen molar-refractivity contribution in [3.63, 3.8) is 0 Å². The highest BCUT2D eigenvalue weighted by Gasteiger charge is 2.70. The standard InChI is InChI=1S/C35H54O8/c1-10-11-12-22(30(39)41-19-42-31(40)32(4,5)6)28-24-17-26(38)29-33(7)15-14-25(37)20(2)23(33)13-16-34(29,8)35(24,9)18-27(28)43-21(3)36/h10,20,23-27,29,37-38H,1,11-19H2,2-9H3/b28-22-/t20-,23-,24-,25+,26+,27-,29-,33-,34-,35-/m0/s1. The third-order valence-corrected chi connectivity index (χ3v) is 12.2. The number of allylic oxidation sites excluding steroid dienone is 1. The number of aliphatic hydroxyl groups excluding tert-OH is 2. The summed E-state index contributed by atoms with van der Waals surface area (Å²) >= 11 is 0. The third kappa shape index (κ3) is 5.71. The Kier molecular flexibility index (Phi) is 9.37. The van der Waals surface area contributed by atoms with E-state index in [-0.39, 0.29) is 40.1 Å². The van der Waals surface area contributed by atoms with E-state index in [1.165, 1.54) is 6.92 Å². The fraction of sp³-hybridized carbons (Fsp3) is 0.800. The Morgan fingerprint density at radius 3 is 2.30 bits per heavy atom. The summed E-state index contributed by atoms with van der Waals surface area (Å²) in [5, 5.41) is 22.8. The van der Waals surface area contributed by atoms with Crippen molar-refractivity contribution in [3.05, 3.63) is 23.8 Å². The van der Waals surface area contributed by atoms with Gasteiger partial charge in [0, 0.05) is 12.5 Å². The molecule has 0 amide bonds. The van der Waals surface area contributed by atoms with E-state index >= 15 is 0 Å². The summed E-state index contributed by atoms with van der Waals surface area (Å²) in [5.41, 5.74) is -0.390. The first-order valence-electron chi connectivity index (χ1n) is 16.1. The molecule has 0 heterocycles. The van der Waals surface area contributed by atoms with E-state index in [2.05, 4.69) is 34.3 Å². The van der Waals surface area contributed by atoms with Gasteiger partial charge in [0.15, 0.2) is 0 Å². The third-order valence-electron chi connectivity index (χ3n) is 12.2. The van der Waals surface area contributed by atoms with Crippen LogP contribution in [0.15, 0.2) is 23.8 Å². The molecule has 4 fully saturated rings. The second-order valence-corrected chi connectivity index (χ2v) is 15.6. The van der Waals surface area contributed by atoms with Crippen molar-refractivity contribution < 1.29 is 38.8 Å². The van der Waals surface area contributed by atoms with Gasteiger partial charge in [0.1, 0.15) is 6.10 Å². The van der Waals surface area contributed by atoms with Gasteiger partial charge in [0.2, 0.25) is 6.79 Å². The number of aliphatic hydroxyl groups is 2. The molecule has 242 valence electrons. The predicted molar refractivity (Wildman–Crippen MR) is 162 cm³/mol. The number of carbonyl (C=O) groups is 3. The summed E-state index contributed by atoms with van der Waals surface area (Å²) in [7, 11) is 0. The monoisotopic (exact) mass is 602 g/mol. The number of hydrogen-bond donors (Lipinski definition) is 2. The van der Waals surface area contributed by atoms with Crippen LogP contribution in [0.5, 0.6) is 0 Å². The highest BCUT2D eigenvalue weighted by atomic mass is 16.7. The molecule has 0 aromatic rings. The fourth-order valence-electron chi connectivity index (χ4n) is 9.96. The second kappa shape index (κ2) is 12.0. The first-order valence-corrected chi connectivity index (χ1v) is 16.1. The highest BCUT2D eigenvalue weighted by molar-refractivity contribution is 5.90. The average Bonchev–Trinajstić information content (AvgIpc) is 3.17. The minimum absolute atomic E-state index is 0.00710. The fourth-order valence-corrected chi connectivity index (χ4v) is 9.96. The van der Waals surface area contributed by atoms with Crippen molar-refractivity contribution in [2.24, 2.45) is 45.3 Å². The number of fused-ring (bicyclic) bond motifs is 5. The molecule has 43 heavy (non-hydrogen) atoms. The maximum Gasteiger partial charge on any atom is 0.336 e. The van der Waals surface area contributed by atoms with E-state index < -0.39 is 42.3 Å². The molecule has 8 nitrogen and oxygen atoms in total. The van der Waals surface area contributed by atoms with Gasteiger partial charge in [-0.1, -0.05) is 33.8 Å². The smallest absolute Gasteiger partial charge is 0.336 e. The van der Waals surface area contributed by atoms with Crippen LogP contribution in [0, 0.1) is 45.3 Å². The van der Waals surface area contributed by atoms with E-state index in [0.29, 0.717) is 37.2 Å². The lowest BCUT2D eigenvalue weighted by atomic mass is 9.36. The van der Waals surface area contributed by atoms with Gasteiger partial charge in [-0.05, 0) is 118 Å². The summed E-state index contributed by atoms with van der Waals surface area (Å²) in [6, 6.07) is 0. The van der Waals surface area contributed by atoms with Gasteiger partial charge in [-0.2, -0.15) is 0 Å². The largest absolute Gasteiger partial charge is 0.458 e. The number of hydrogen-bond acceptors (Lipinski definition) is 8. The molecule has 4 rings (SSSR count). The summed E-state index contributed by atoms with van der Waals surface area (Å²) in [5.74, 6) is -1.21. The van der Waals surface area contributed by atoms with Gasteiger partial charge < -0.3 is 24.4 Å². The minimum Gasteiger partial charge on any atom is -0.458 e. The lowest BCUT2D eigenvalue weighted by Crippen LogP contribution is -2.65. The molecule has 0 radical (unpaired) electrons. The molecule has 0 aromatic carbocycles. The van der Waals surface area contributed by atoms with Crippen LogP contribution in [0.3, 0.4) is 0 Å². The molecular formula is C35H54O8. The van der Waals surface area contributed by atoms with Crippen LogP contribution in [0.2, 0.25) is 0 Å². The molecule has 0 unspecified atom stereocenters. The lowest BCUT2D eigenvalue weighted by molar-refractivity contribution is -0.234. The molecule has 10 atom stereocenters. The van der Waals surface area contributed by atoms with Crippen LogP contribution in [-0.2, 0) is 28.6 Å². The quantitative estimate of drug-likeness (QED) is 0.160. The van der Waals surface area contributed by atoms with Crippen molar-refractivity contribution in [3.8, 4) is 0 Å². The van der Waals surface area contributed by atoms with Gasteiger partial charge >= 0.3 is 17.9 Å². The number of ether oxygens (including phenoxy) is 3. The molecule has 8 heteroatoms. The van der Waals surface area contributed by atoms with Crippen molar-refractivity contribution >= 4 is 17.9 Å². The summed E-state index contributed by atoms with van der Waals surface area (Å²) < 4.78 is 16.7. The molecule has 2 N–H and O–H groups in total. The maximum atomic E-state index is 13.7. The van der Waals surface area contributed by atoms with Crippen LogP contribution in [0.4, 0.5) is 0 Å². The van der Waals surface area contributed by atoms with Gasteiger partial charge in [-0.3, -0.25) is 9.59 Å². The molecule has 0 saturated heterocycles. The Morgan fingerprint density at radius 2 is 1.70 bits per heavy atom. The van der Waals surface area contributed by atoms with Gasteiger partial charge in [-0.15, -0.1) is 6.58 Å². The highest BCUT2D eigenvalue weighted by Crippen LogP contribution is 2.74. The van der Waals surface area contributed by atoms with Crippen LogP contribution in [0.1, 0.15) is 107 Å². The Morgan fingerprint density at radius 1 is 1.02 bits per heavy atom. The molecule has 0 spiro atoms. The van der Waals surface area contributed by atoms with Gasteiger partial charge in [0.05, 0.1) is 17.6 Å². The summed E-state index contributed by atoms with van der Waals surface area (Å²) in [6.45, 7) is 18.9. The molecular weight excluding hydrogens is 548 g/mol. The average molecular weight is 603 g/mol. The van der Waals surface area contributed by atoms with Crippen molar-refractivity contribution in [1.82, 2.24) is 0 Å². The maximum absolute atomic E-state index is 13.7. The zero-order chi connectivity index (χ0) is 32.1. The van der Waals surface area contributed by atoms with Crippen molar-refractivity contribution in [1.29, 1.82) is 0 Å². The van der Waals surface area contributed by atoms with Crippen molar-refractivity contribution in [2.45, 2.75) is 125 Å². The number of carbonyl (C=O) groups excluding carboxylic acids is 3. The molecule has 0 aliphatic heterocycles. The number of rotatable bonds is 7. The first kappa shape index (κ1) is 33.7. The van der Waals surface area contributed by atoms with E-state index in [1.54, 1.807) is 26.8 Å². The van der Waals surface area contributed by atoms with E-state index in [0.717, 1.165) is 31.3 Å². The summed E-state index contributed by atoms with van der Waals surface area (Å²) in [6.07, 6.45) is 5.45. The Bertz CT molecular complexity index is 1150. The Hall–Kier alpha value is -2.19. The topological polar surface area (TPSA) is 119 Å². The van der Waals surface area contributed by atoms with Crippen LogP contribution in [-0.4, -0.2) is 53.2 Å². The van der Waals surface area contributed by atoms with Crippen LogP contribution < -0.4 is 0 Å². The second-order valence-electron chi connectivity index (χ2n) is 15.6. The molecule has 0 bridgehead atoms. The van der Waals surface area contributed by atoms with Crippen LogP contribution >= 0.6 is 0 Å². The van der Waals surface area contributed by atoms with Gasteiger partial charge in [0.25, 0.3) is 0 Å². The molecule has 0 aromatic heterocycles. The van der Waals surface area contributed by atoms with Crippen LogP contribution in [0.25, 0.3) is 0 Å². The zero-order valence-corrected chi connectivity index (χ0v) is 27.5. The predicted octanol–water partition coefficient (Wildman–Crippen LogP) is 5.89. The van der Waals surface area contributed by atoms with E-state index in [9.17, 15) is 24.6 Å². The van der Waals surface area contributed by atoms with E-state index in [4.69, 9.17) is 14.2 Å².